The Morgan fingerprint density at radius 3 is 2.60 bits per heavy atom. The number of benzene rings is 1. The Labute approximate surface area is 121 Å². The van der Waals surface area contributed by atoms with Crippen LogP contribution in [0.25, 0.3) is 0 Å². The fourth-order valence-corrected chi connectivity index (χ4v) is 2.36. The molecule has 0 bridgehead atoms. The van der Waals surface area contributed by atoms with Crippen LogP contribution in [-0.4, -0.2) is 26.9 Å². The van der Waals surface area contributed by atoms with E-state index in [-0.39, 0.29) is 11.9 Å². The van der Waals surface area contributed by atoms with Gasteiger partial charge in [-0.05, 0) is 32.2 Å². The van der Waals surface area contributed by atoms with E-state index >= 15 is 0 Å². The maximum atomic E-state index is 12.3. The van der Waals surface area contributed by atoms with Gasteiger partial charge in [0.1, 0.15) is 6.04 Å². The third-order valence-electron chi connectivity index (χ3n) is 2.96. The molecule has 0 saturated heterocycles. The van der Waals surface area contributed by atoms with Crippen LogP contribution >= 0.6 is 11.8 Å². The average molecular weight is 291 g/mol. The van der Waals surface area contributed by atoms with E-state index in [0.717, 1.165) is 11.3 Å². The lowest BCUT2D eigenvalue weighted by Gasteiger charge is -2.16. The van der Waals surface area contributed by atoms with Crippen molar-refractivity contribution in [2.24, 2.45) is 0 Å². The number of nitrogens with zero attached hydrogens (tertiary/aromatic N) is 3. The van der Waals surface area contributed by atoms with Gasteiger partial charge < -0.3 is 11.1 Å². The van der Waals surface area contributed by atoms with Gasteiger partial charge >= 0.3 is 0 Å². The average Bonchev–Trinajstić information content (AvgIpc) is 2.81. The monoisotopic (exact) mass is 291 g/mol. The van der Waals surface area contributed by atoms with Gasteiger partial charge in [-0.1, -0.05) is 29.5 Å². The number of nitrogens with one attached hydrogen (secondary N) is 1. The standard InChI is InChI=1S/C13H17N5OS/c1-8-4-6-10(7-5-8)15-11(19)9(2)18-12(14)16-17-13(18)20-3/h4-7,9H,1-3H3,(H2,14,16)(H,15,19)/t9-/m0/s1. The lowest BCUT2D eigenvalue weighted by Crippen LogP contribution is -2.25. The Kier molecular flexibility index (Phi) is 4.29. The van der Waals surface area contributed by atoms with Crippen LogP contribution in [0.4, 0.5) is 11.6 Å². The van der Waals surface area contributed by atoms with E-state index in [4.69, 9.17) is 5.73 Å². The molecule has 7 heteroatoms. The molecule has 0 spiro atoms. The summed E-state index contributed by atoms with van der Waals surface area (Å²) in [5, 5.41) is 11.2. The maximum Gasteiger partial charge on any atom is 0.247 e. The van der Waals surface area contributed by atoms with Gasteiger partial charge in [-0.25, -0.2) is 0 Å². The highest BCUT2D eigenvalue weighted by Gasteiger charge is 2.21. The topological polar surface area (TPSA) is 85.8 Å². The number of nitrogens with two attached hydrogens (primary N) is 1. The summed E-state index contributed by atoms with van der Waals surface area (Å²) in [6.07, 6.45) is 1.87. The van der Waals surface area contributed by atoms with Gasteiger partial charge in [-0.3, -0.25) is 9.36 Å². The van der Waals surface area contributed by atoms with Gasteiger partial charge in [0.25, 0.3) is 0 Å². The van der Waals surface area contributed by atoms with Crippen LogP contribution in [0.5, 0.6) is 0 Å². The molecule has 0 aliphatic rings. The van der Waals surface area contributed by atoms with E-state index in [1.807, 2.05) is 37.4 Å². The third kappa shape index (κ3) is 2.93. The summed E-state index contributed by atoms with van der Waals surface area (Å²) in [5.41, 5.74) is 7.66. The zero-order chi connectivity index (χ0) is 14.7. The minimum Gasteiger partial charge on any atom is -0.368 e. The molecule has 0 radical (unpaired) electrons. The number of rotatable bonds is 4. The number of hydrogen-bond acceptors (Lipinski definition) is 5. The molecule has 1 atom stereocenters. The first-order valence-electron chi connectivity index (χ1n) is 6.15. The van der Waals surface area contributed by atoms with Crippen LogP contribution in [-0.2, 0) is 4.79 Å². The first kappa shape index (κ1) is 14.4. The summed E-state index contributed by atoms with van der Waals surface area (Å²) >= 11 is 1.40. The molecular weight excluding hydrogens is 274 g/mol. The zero-order valence-corrected chi connectivity index (χ0v) is 12.4. The molecule has 1 amide bonds. The van der Waals surface area contributed by atoms with E-state index in [2.05, 4.69) is 15.5 Å². The second-order valence-corrected chi connectivity index (χ2v) is 5.22. The number of anilines is 2. The van der Waals surface area contributed by atoms with Crippen LogP contribution in [0.3, 0.4) is 0 Å². The Bertz CT molecular complexity index is 608. The number of thioether (sulfide) groups is 1. The van der Waals surface area contributed by atoms with Gasteiger partial charge in [0.05, 0.1) is 0 Å². The molecule has 2 rings (SSSR count). The number of carbonyl (C=O) groups is 1. The maximum absolute atomic E-state index is 12.3. The van der Waals surface area contributed by atoms with Crippen molar-refractivity contribution < 1.29 is 4.79 Å². The summed E-state index contributed by atoms with van der Waals surface area (Å²) in [7, 11) is 0. The fourth-order valence-electron chi connectivity index (χ4n) is 1.79. The first-order valence-corrected chi connectivity index (χ1v) is 7.37. The molecule has 0 unspecified atom stereocenters. The van der Waals surface area contributed by atoms with Crippen LogP contribution in [0, 0.1) is 6.92 Å². The van der Waals surface area contributed by atoms with E-state index in [1.54, 1.807) is 11.5 Å². The van der Waals surface area contributed by atoms with Crippen LogP contribution < -0.4 is 11.1 Å². The number of aryl methyl sites for hydroxylation is 1. The number of nitrogen functional groups attached to an aromatic ring is 1. The Balaban J connectivity index is 2.16. The largest absolute Gasteiger partial charge is 0.368 e. The van der Waals surface area contributed by atoms with Crippen molar-refractivity contribution in [2.45, 2.75) is 25.0 Å². The minimum atomic E-state index is -0.478. The van der Waals surface area contributed by atoms with Crippen molar-refractivity contribution in [1.29, 1.82) is 0 Å². The fraction of sp³-hybridized carbons (Fsp3) is 0.308. The van der Waals surface area contributed by atoms with Gasteiger partial charge in [0.2, 0.25) is 11.9 Å². The predicted molar refractivity (Wildman–Crippen MR) is 80.7 cm³/mol. The van der Waals surface area contributed by atoms with Gasteiger partial charge in [-0.2, -0.15) is 0 Å². The Morgan fingerprint density at radius 1 is 1.35 bits per heavy atom. The SMILES string of the molecule is CSc1nnc(N)n1[C@@H](C)C(=O)Nc1ccc(C)cc1. The lowest BCUT2D eigenvalue weighted by atomic mass is 10.2. The molecule has 3 N–H and O–H groups in total. The molecule has 0 aliphatic heterocycles. The molecule has 106 valence electrons. The van der Waals surface area contributed by atoms with Crippen molar-refractivity contribution in [3.05, 3.63) is 29.8 Å². The van der Waals surface area contributed by atoms with Crippen molar-refractivity contribution in [3.8, 4) is 0 Å². The quantitative estimate of drug-likeness (QED) is 0.842. The Hall–Kier alpha value is -2.02. The highest BCUT2D eigenvalue weighted by molar-refractivity contribution is 7.98. The smallest absolute Gasteiger partial charge is 0.247 e. The zero-order valence-electron chi connectivity index (χ0n) is 11.6. The number of amides is 1. The summed E-state index contributed by atoms with van der Waals surface area (Å²) in [6, 6.07) is 7.14. The van der Waals surface area contributed by atoms with Gasteiger partial charge in [0, 0.05) is 5.69 Å². The second-order valence-electron chi connectivity index (χ2n) is 4.45. The van der Waals surface area contributed by atoms with E-state index in [1.165, 1.54) is 11.8 Å². The van der Waals surface area contributed by atoms with Crippen molar-refractivity contribution in [2.75, 3.05) is 17.3 Å². The van der Waals surface area contributed by atoms with Crippen molar-refractivity contribution in [3.63, 3.8) is 0 Å². The molecule has 1 heterocycles. The highest BCUT2D eigenvalue weighted by atomic mass is 32.2. The summed E-state index contributed by atoms with van der Waals surface area (Å²) < 4.78 is 1.62. The van der Waals surface area contributed by atoms with Crippen LogP contribution in [0.2, 0.25) is 0 Å². The molecule has 1 aromatic heterocycles. The van der Waals surface area contributed by atoms with Crippen LogP contribution in [0.15, 0.2) is 29.4 Å². The Morgan fingerprint density at radius 2 is 2.00 bits per heavy atom. The summed E-state index contributed by atoms with van der Waals surface area (Å²) in [5.74, 6) is 0.0801. The van der Waals surface area contributed by atoms with Crippen molar-refractivity contribution in [1.82, 2.24) is 14.8 Å². The number of aromatic nitrogens is 3. The van der Waals surface area contributed by atoms with Gasteiger partial charge in [-0.15, -0.1) is 10.2 Å². The first-order chi connectivity index (χ1) is 9.52. The molecule has 0 saturated carbocycles. The van der Waals surface area contributed by atoms with E-state index in [0.29, 0.717) is 5.16 Å². The molecule has 0 fully saturated rings. The van der Waals surface area contributed by atoms with E-state index in [9.17, 15) is 4.79 Å². The lowest BCUT2D eigenvalue weighted by molar-refractivity contribution is -0.118. The number of hydrogen-bond donors (Lipinski definition) is 2. The molecule has 6 nitrogen and oxygen atoms in total. The summed E-state index contributed by atoms with van der Waals surface area (Å²) in [6.45, 7) is 3.76. The molecule has 20 heavy (non-hydrogen) atoms. The second kappa shape index (κ2) is 5.96. The normalized spacial score (nSPS) is 12.2. The summed E-state index contributed by atoms with van der Waals surface area (Å²) in [4.78, 5) is 12.3. The molecular formula is C13H17N5OS. The highest BCUT2D eigenvalue weighted by Crippen LogP contribution is 2.22. The minimum absolute atomic E-state index is 0.157. The van der Waals surface area contributed by atoms with Gasteiger partial charge in [0.15, 0.2) is 5.16 Å². The molecule has 0 aliphatic carbocycles. The third-order valence-corrected chi connectivity index (χ3v) is 3.60. The molecule has 1 aromatic carbocycles. The predicted octanol–water partition coefficient (Wildman–Crippen LogP) is 2.09. The van der Waals surface area contributed by atoms with Crippen LogP contribution in [0.1, 0.15) is 18.5 Å². The van der Waals surface area contributed by atoms with Crippen molar-refractivity contribution >= 4 is 29.3 Å². The number of carbonyl (C=O) groups excluding carboxylic acids is 1. The molecule has 2 aromatic rings. The van der Waals surface area contributed by atoms with E-state index < -0.39 is 6.04 Å².